The van der Waals surface area contributed by atoms with Crippen molar-refractivity contribution in [2.24, 2.45) is 0 Å². The Morgan fingerprint density at radius 2 is 1.63 bits per heavy atom. The summed E-state index contributed by atoms with van der Waals surface area (Å²) >= 11 is 0. The van der Waals surface area contributed by atoms with E-state index in [1.807, 2.05) is 54.6 Å². The molecule has 0 spiro atoms. The Hall–Kier alpha value is -3.40. The first-order valence-corrected chi connectivity index (χ1v) is 8.59. The summed E-state index contributed by atoms with van der Waals surface area (Å²) in [7, 11) is 1.61. The number of rotatable bonds is 6. The fourth-order valence-electron chi connectivity index (χ4n) is 2.83. The van der Waals surface area contributed by atoms with Gasteiger partial charge in [0.15, 0.2) is 0 Å². The van der Waals surface area contributed by atoms with Gasteiger partial charge in [-0.1, -0.05) is 60.7 Å². The van der Waals surface area contributed by atoms with E-state index < -0.39 is 0 Å². The zero-order chi connectivity index (χ0) is 19.1. The third-order valence-corrected chi connectivity index (χ3v) is 4.17. The van der Waals surface area contributed by atoms with Crippen LogP contribution in [0.3, 0.4) is 0 Å². The van der Waals surface area contributed by atoms with Crippen LogP contribution in [0.15, 0.2) is 84.9 Å². The molecular weight excluding hydrogens is 341 g/mol. The van der Waals surface area contributed by atoms with E-state index >= 15 is 0 Å². The van der Waals surface area contributed by atoms with Crippen molar-refractivity contribution >= 4 is 12.0 Å². The zero-order valence-corrected chi connectivity index (χ0v) is 14.9. The predicted octanol–water partition coefficient (Wildman–Crippen LogP) is 4.75. The molecule has 3 nitrogen and oxygen atoms in total. The molecule has 0 saturated heterocycles. The van der Waals surface area contributed by atoms with E-state index in [2.05, 4.69) is 5.32 Å². The van der Waals surface area contributed by atoms with E-state index in [1.54, 1.807) is 25.3 Å². The van der Waals surface area contributed by atoms with Gasteiger partial charge in [-0.05, 0) is 35.4 Å². The molecule has 3 aromatic carbocycles. The second-order valence-corrected chi connectivity index (χ2v) is 5.98. The van der Waals surface area contributed by atoms with Crippen molar-refractivity contribution in [1.82, 2.24) is 5.32 Å². The van der Waals surface area contributed by atoms with Crippen LogP contribution < -0.4 is 10.1 Å². The topological polar surface area (TPSA) is 38.3 Å². The Morgan fingerprint density at radius 3 is 2.33 bits per heavy atom. The van der Waals surface area contributed by atoms with Crippen molar-refractivity contribution in [1.29, 1.82) is 0 Å². The number of para-hydroxylation sites is 1. The smallest absolute Gasteiger partial charge is 0.244 e. The molecule has 0 radical (unpaired) electrons. The highest BCUT2D eigenvalue weighted by atomic mass is 19.1. The minimum atomic E-state index is -0.354. The molecule has 0 fully saturated rings. The van der Waals surface area contributed by atoms with Crippen molar-refractivity contribution in [3.8, 4) is 5.75 Å². The lowest BCUT2D eigenvalue weighted by Crippen LogP contribution is -2.28. The highest BCUT2D eigenvalue weighted by Gasteiger charge is 2.19. The Labute approximate surface area is 158 Å². The van der Waals surface area contributed by atoms with E-state index in [4.69, 9.17) is 4.74 Å². The first kappa shape index (κ1) is 18.4. The Bertz CT molecular complexity index is 921. The highest BCUT2D eigenvalue weighted by molar-refractivity contribution is 5.92. The van der Waals surface area contributed by atoms with Gasteiger partial charge in [0.1, 0.15) is 11.6 Å². The van der Waals surface area contributed by atoms with Gasteiger partial charge in [-0.25, -0.2) is 4.39 Å². The fraction of sp³-hybridized carbons (Fsp3) is 0.0870. The summed E-state index contributed by atoms with van der Waals surface area (Å²) in [6.07, 6.45) is 3.09. The van der Waals surface area contributed by atoms with Crippen LogP contribution in [0.5, 0.6) is 5.75 Å². The average molecular weight is 361 g/mol. The molecule has 27 heavy (non-hydrogen) atoms. The molecule has 136 valence electrons. The van der Waals surface area contributed by atoms with Crippen LogP contribution in [-0.4, -0.2) is 13.0 Å². The van der Waals surface area contributed by atoms with E-state index in [0.29, 0.717) is 5.75 Å². The van der Waals surface area contributed by atoms with Gasteiger partial charge in [-0.3, -0.25) is 4.79 Å². The summed E-state index contributed by atoms with van der Waals surface area (Å²) in [4.78, 5) is 12.5. The molecule has 0 heterocycles. The second kappa shape index (κ2) is 8.81. The molecule has 3 aromatic rings. The molecule has 4 heteroatoms. The maximum atomic E-state index is 13.0. The Kier molecular flexibility index (Phi) is 6.00. The highest BCUT2D eigenvalue weighted by Crippen LogP contribution is 2.29. The number of hydrogen-bond donors (Lipinski definition) is 1. The number of methoxy groups -OCH3 is 1. The molecule has 1 unspecified atom stereocenters. The molecule has 0 aromatic heterocycles. The molecule has 0 saturated carbocycles. The first-order chi connectivity index (χ1) is 13.2. The van der Waals surface area contributed by atoms with Crippen LogP contribution in [-0.2, 0) is 4.79 Å². The number of hydrogen-bond acceptors (Lipinski definition) is 2. The Morgan fingerprint density at radius 1 is 0.963 bits per heavy atom. The maximum Gasteiger partial charge on any atom is 0.244 e. The third-order valence-electron chi connectivity index (χ3n) is 4.17. The van der Waals surface area contributed by atoms with Gasteiger partial charge in [0.25, 0.3) is 0 Å². The van der Waals surface area contributed by atoms with Crippen LogP contribution in [0.1, 0.15) is 22.7 Å². The average Bonchev–Trinajstić information content (AvgIpc) is 2.72. The number of ether oxygens (including phenoxy) is 1. The number of carbonyl (C=O) groups is 1. The van der Waals surface area contributed by atoms with Gasteiger partial charge in [0.2, 0.25) is 5.91 Å². The minimum Gasteiger partial charge on any atom is -0.496 e. The lowest BCUT2D eigenvalue weighted by Gasteiger charge is -2.21. The van der Waals surface area contributed by atoms with E-state index in [-0.39, 0.29) is 17.8 Å². The molecule has 1 atom stereocenters. The molecular formula is C23H20FNO2. The Balaban J connectivity index is 1.85. The first-order valence-electron chi connectivity index (χ1n) is 8.59. The molecule has 3 rings (SSSR count). The lowest BCUT2D eigenvalue weighted by molar-refractivity contribution is -0.116. The van der Waals surface area contributed by atoms with Crippen molar-refractivity contribution in [3.63, 3.8) is 0 Å². The van der Waals surface area contributed by atoms with E-state index in [9.17, 15) is 9.18 Å². The molecule has 0 aliphatic heterocycles. The normalized spacial score (nSPS) is 11.9. The van der Waals surface area contributed by atoms with Crippen LogP contribution in [0.25, 0.3) is 6.08 Å². The van der Waals surface area contributed by atoms with Crippen LogP contribution in [0.2, 0.25) is 0 Å². The van der Waals surface area contributed by atoms with Crippen molar-refractivity contribution in [2.45, 2.75) is 6.04 Å². The lowest BCUT2D eigenvalue weighted by atomic mass is 9.97. The number of halogens is 1. The van der Waals surface area contributed by atoms with Crippen molar-refractivity contribution in [3.05, 3.63) is 107 Å². The quantitative estimate of drug-likeness (QED) is 0.643. The predicted molar refractivity (Wildman–Crippen MR) is 105 cm³/mol. The molecule has 0 aliphatic carbocycles. The summed E-state index contributed by atoms with van der Waals surface area (Å²) in [6.45, 7) is 0. The van der Waals surface area contributed by atoms with Crippen molar-refractivity contribution < 1.29 is 13.9 Å². The number of carbonyl (C=O) groups excluding carboxylic acids is 1. The maximum absolute atomic E-state index is 13.0. The number of amides is 1. The summed E-state index contributed by atoms with van der Waals surface area (Å²) in [5.74, 6) is 0.144. The van der Waals surface area contributed by atoms with Gasteiger partial charge < -0.3 is 10.1 Å². The minimum absolute atomic E-state index is 0.251. The van der Waals surface area contributed by atoms with E-state index in [1.165, 1.54) is 18.2 Å². The largest absolute Gasteiger partial charge is 0.496 e. The number of benzene rings is 3. The fourth-order valence-corrected chi connectivity index (χ4v) is 2.83. The van der Waals surface area contributed by atoms with Gasteiger partial charge in [-0.2, -0.15) is 0 Å². The molecule has 1 amide bonds. The van der Waals surface area contributed by atoms with Crippen molar-refractivity contribution in [2.75, 3.05) is 7.11 Å². The van der Waals surface area contributed by atoms with Gasteiger partial charge in [0, 0.05) is 11.6 Å². The SMILES string of the molecule is COc1ccccc1C(NC(=O)C=Cc1ccc(F)cc1)c1ccccc1. The summed E-state index contributed by atoms with van der Waals surface area (Å²) in [6, 6.07) is 22.9. The summed E-state index contributed by atoms with van der Waals surface area (Å²) in [5.41, 5.74) is 2.57. The van der Waals surface area contributed by atoms with Crippen LogP contribution in [0, 0.1) is 5.82 Å². The van der Waals surface area contributed by atoms with Crippen LogP contribution >= 0.6 is 0 Å². The van der Waals surface area contributed by atoms with Gasteiger partial charge in [0.05, 0.1) is 13.2 Å². The van der Waals surface area contributed by atoms with E-state index in [0.717, 1.165) is 16.7 Å². The third kappa shape index (κ3) is 4.82. The van der Waals surface area contributed by atoms with Gasteiger partial charge >= 0.3 is 0 Å². The standard InChI is InChI=1S/C23H20FNO2/c1-27-21-10-6-5-9-20(21)23(18-7-3-2-4-8-18)25-22(26)16-13-17-11-14-19(24)15-12-17/h2-16,23H,1H3,(H,25,26). The molecule has 1 N–H and O–H groups in total. The summed E-state index contributed by atoms with van der Waals surface area (Å²) in [5, 5.41) is 3.03. The number of nitrogens with one attached hydrogen (secondary N) is 1. The second-order valence-electron chi connectivity index (χ2n) is 5.98. The molecule has 0 bridgehead atoms. The monoisotopic (exact) mass is 361 g/mol. The van der Waals surface area contributed by atoms with Gasteiger partial charge in [-0.15, -0.1) is 0 Å². The zero-order valence-electron chi connectivity index (χ0n) is 14.9. The summed E-state index contributed by atoms with van der Waals surface area (Å²) < 4.78 is 18.5. The molecule has 0 aliphatic rings. The van der Waals surface area contributed by atoms with Crippen LogP contribution in [0.4, 0.5) is 4.39 Å².